The van der Waals surface area contributed by atoms with Crippen LogP contribution in [0, 0.1) is 5.82 Å². The number of rotatable bonds is 7. The molecule has 190 valence electrons. The summed E-state index contributed by atoms with van der Waals surface area (Å²) in [5.74, 6) is -0.401. The number of hydrogen-bond acceptors (Lipinski definition) is 8. The van der Waals surface area contributed by atoms with E-state index in [4.69, 9.17) is 4.74 Å². The number of carbonyl (C=O) groups is 2. The molecule has 2 N–H and O–H groups in total. The minimum absolute atomic E-state index is 0.180. The van der Waals surface area contributed by atoms with Crippen molar-refractivity contribution in [3.63, 3.8) is 0 Å². The molecule has 1 fully saturated rings. The molecule has 3 aromatic heterocycles. The lowest BCUT2D eigenvalue weighted by Gasteiger charge is -2.18. The van der Waals surface area contributed by atoms with Crippen molar-refractivity contribution in [1.82, 2.24) is 25.2 Å². The molecular weight excluding hydrogens is 495 g/mol. The van der Waals surface area contributed by atoms with Gasteiger partial charge in [0.05, 0.1) is 28.5 Å². The van der Waals surface area contributed by atoms with E-state index in [9.17, 15) is 14.0 Å². The highest BCUT2D eigenvalue weighted by atomic mass is 32.1. The van der Waals surface area contributed by atoms with E-state index in [1.54, 1.807) is 11.1 Å². The quantitative estimate of drug-likeness (QED) is 0.368. The zero-order valence-corrected chi connectivity index (χ0v) is 20.9. The van der Waals surface area contributed by atoms with E-state index in [1.807, 2.05) is 48.7 Å². The van der Waals surface area contributed by atoms with Crippen molar-refractivity contribution in [3.05, 3.63) is 82.9 Å². The van der Waals surface area contributed by atoms with Crippen molar-refractivity contribution in [3.8, 4) is 0 Å². The summed E-state index contributed by atoms with van der Waals surface area (Å²) in [6.07, 6.45) is 2.80. The van der Waals surface area contributed by atoms with Crippen LogP contribution in [0.25, 0.3) is 10.2 Å². The van der Waals surface area contributed by atoms with E-state index < -0.39 is 11.9 Å². The zero-order chi connectivity index (χ0) is 25.8. The van der Waals surface area contributed by atoms with Crippen LogP contribution < -0.4 is 10.6 Å². The Morgan fingerprint density at radius 1 is 1.22 bits per heavy atom. The Morgan fingerprint density at radius 3 is 2.86 bits per heavy atom. The van der Waals surface area contributed by atoms with Crippen LogP contribution in [0.3, 0.4) is 0 Å². The van der Waals surface area contributed by atoms with Crippen LogP contribution in [0.4, 0.5) is 15.1 Å². The number of nitrogens with one attached hydrogen (secondary N) is 2. The summed E-state index contributed by atoms with van der Waals surface area (Å²) < 4.78 is 19.6. The van der Waals surface area contributed by atoms with Gasteiger partial charge in [0, 0.05) is 19.3 Å². The summed E-state index contributed by atoms with van der Waals surface area (Å²) in [4.78, 5) is 40.3. The Morgan fingerprint density at radius 2 is 2.05 bits per heavy atom. The Hall–Kier alpha value is -4.12. The summed E-state index contributed by atoms with van der Waals surface area (Å²) in [6.45, 7) is 2.85. The van der Waals surface area contributed by atoms with E-state index in [0.29, 0.717) is 41.0 Å². The lowest BCUT2D eigenvalue weighted by Crippen LogP contribution is -2.39. The number of anilines is 1. The number of pyridine rings is 1. The molecule has 1 saturated heterocycles. The number of aromatic nitrogens is 3. The van der Waals surface area contributed by atoms with Crippen molar-refractivity contribution >= 4 is 39.5 Å². The van der Waals surface area contributed by atoms with Crippen LogP contribution in [0.5, 0.6) is 0 Å². The highest BCUT2D eigenvalue weighted by Gasteiger charge is 2.30. The summed E-state index contributed by atoms with van der Waals surface area (Å²) in [7, 11) is 0. The fourth-order valence-electron chi connectivity index (χ4n) is 4.16. The van der Waals surface area contributed by atoms with Crippen molar-refractivity contribution in [2.24, 2.45) is 0 Å². The summed E-state index contributed by atoms with van der Waals surface area (Å²) in [5, 5.41) is 7.85. The minimum atomic E-state index is -0.516. The second-order valence-corrected chi connectivity index (χ2v) is 9.69. The number of carbonyl (C=O) groups excluding carboxylic acids is 2. The fourth-order valence-corrected chi connectivity index (χ4v) is 4.97. The first-order valence-corrected chi connectivity index (χ1v) is 12.7. The van der Waals surface area contributed by atoms with Gasteiger partial charge >= 0.3 is 6.09 Å². The van der Waals surface area contributed by atoms with Gasteiger partial charge in [-0.05, 0) is 42.0 Å². The highest BCUT2D eigenvalue weighted by Crippen LogP contribution is 2.27. The number of nitrogens with zero attached hydrogens (tertiary/aromatic N) is 4. The molecular formula is C26H25FN6O3S. The fraction of sp³-hybridized carbons (Fsp3) is 0.269. The first kappa shape index (κ1) is 24.6. The van der Waals surface area contributed by atoms with Crippen LogP contribution in [0.15, 0.2) is 60.2 Å². The Labute approximate surface area is 216 Å². The van der Waals surface area contributed by atoms with E-state index in [1.165, 1.54) is 17.4 Å². The third kappa shape index (κ3) is 5.83. The maximum atomic E-state index is 13.6. The number of hydrogen-bond donors (Lipinski definition) is 2. The van der Waals surface area contributed by atoms with Gasteiger partial charge in [0.15, 0.2) is 5.69 Å². The number of ether oxygens (including phenoxy) is 1. The maximum Gasteiger partial charge on any atom is 0.407 e. The van der Waals surface area contributed by atoms with Crippen LogP contribution in [0.1, 0.15) is 41.0 Å². The smallest absolute Gasteiger partial charge is 0.407 e. The predicted octanol–water partition coefficient (Wildman–Crippen LogP) is 4.54. The summed E-state index contributed by atoms with van der Waals surface area (Å²) in [5.41, 5.74) is 2.47. The molecule has 1 aromatic carbocycles. The molecule has 11 heteroatoms. The van der Waals surface area contributed by atoms with Gasteiger partial charge in [0.1, 0.15) is 12.4 Å². The second-order valence-electron chi connectivity index (χ2n) is 8.78. The first-order valence-electron chi connectivity index (χ1n) is 11.8. The molecule has 4 aromatic rings. The molecule has 2 unspecified atom stereocenters. The molecule has 2 atom stereocenters. The third-order valence-electron chi connectivity index (χ3n) is 6.09. The third-order valence-corrected chi connectivity index (χ3v) is 7.00. The number of benzene rings is 1. The van der Waals surface area contributed by atoms with Crippen molar-refractivity contribution in [2.75, 3.05) is 18.4 Å². The van der Waals surface area contributed by atoms with Gasteiger partial charge in [0.25, 0.3) is 5.91 Å². The first-order chi connectivity index (χ1) is 18.0. The molecule has 9 nitrogen and oxygen atoms in total. The van der Waals surface area contributed by atoms with Gasteiger partial charge < -0.3 is 20.3 Å². The molecule has 0 spiro atoms. The highest BCUT2D eigenvalue weighted by molar-refractivity contribution is 7.17. The van der Waals surface area contributed by atoms with E-state index in [2.05, 4.69) is 25.6 Å². The number of fused-ring (bicyclic) bond motifs is 1. The van der Waals surface area contributed by atoms with Crippen molar-refractivity contribution in [1.29, 1.82) is 0 Å². The molecule has 37 heavy (non-hydrogen) atoms. The second kappa shape index (κ2) is 10.9. The molecule has 5 rings (SSSR count). The molecule has 0 bridgehead atoms. The molecule has 0 aliphatic carbocycles. The average molecular weight is 521 g/mol. The van der Waals surface area contributed by atoms with Crippen molar-refractivity contribution < 1.29 is 18.7 Å². The lowest BCUT2D eigenvalue weighted by molar-refractivity contribution is 0.0783. The summed E-state index contributed by atoms with van der Waals surface area (Å²) in [6, 6.07) is 12.1. The van der Waals surface area contributed by atoms with Gasteiger partial charge in [-0.15, -0.1) is 11.3 Å². The van der Waals surface area contributed by atoms with E-state index in [-0.39, 0.29) is 30.5 Å². The topological polar surface area (TPSA) is 109 Å². The predicted molar refractivity (Wildman–Crippen MR) is 138 cm³/mol. The van der Waals surface area contributed by atoms with Gasteiger partial charge in [-0.3, -0.25) is 9.78 Å². The maximum absolute atomic E-state index is 13.6. The zero-order valence-electron chi connectivity index (χ0n) is 20.1. The van der Waals surface area contributed by atoms with Crippen LogP contribution in [-0.4, -0.2) is 51.0 Å². The lowest BCUT2D eigenvalue weighted by atomic mass is 10.1. The van der Waals surface area contributed by atoms with Gasteiger partial charge in [0.2, 0.25) is 5.95 Å². The number of halogens is 1. The van der Waals surface area contributed by atoms with Crippen LogP contribution >= 0.6 is 11.3 Å². The standard InChI is InChI=1S/C26H25FN6O3S/c1-16(18-11-19(27)13-28-12-18)29-25-31-21-8-10-37-23(21)22(32-25)24(34)33-9-7-20(14-33)30-26(35)36-15-17-5-3-2-4-6-17/h2-6,8,10-13,16,20H,7,9,14-15H2,1H3,(H,30,35)(H,29,31,32). The normalized spacial score (nSPS) is 15.9. The van der Waals surface area contributed by atoms with E-state index >= 15 is 0 Å². The minimum Gasteiger partial charge on any atom is -0.445 e. The SMILES string of the molecule is CC(Nc1nc(C(=O)N2CCC(NC(=O)OCc3ccccc3)C2)c2sccc2n1)c1cncc(F)c1. The molecule has 2 amide bonds. The van der Waals surface area contributed by atoms with Gasteiger partial charge in [-0.2, -0.15) is 0 Å². The van der Waals surface area contributed by atoms with Gasteiger partial charge in [-0.1, -0.05) is 30.3 Å². The molecule has 4 heterocycles. The van der Waals surface area contributed by atoms with Gasteiger partial charge in [-0.25, -0.2) is 19.2 Å². The molecule has 0 saturated carbocycles. The molecule has 1 aliphatic rings. The average Bonchev–Trinajstić information content (AvgIpc) is 3.57. The largest absolute Gasteiger partial charge is 0.445 e. The monoisotopic (exact) mass is 520 g/mol. The van der Waals surface area contributed by atoms with E-state index in [0.717, 1.165) is 11.8 Å². The van der Waals surface area contributed by atoms with Crippen molar-refractivity contribution in [2.45, 2.75) is 32.0 Å². The molecule has 1 aliphatic heterocycles. The van der Waals surface area contributed by atoms with Crippen LogP contribution in [0.2, 0.25) is 0 Å². The Kier molecular flexibility index (Phi) is 7.22. The number of thiophene rings is 1. The number of likely N-dealkylation sites (tertiary alicyclic amines) is 1. The Bertz CT molecular complexity index is 1420. The Balaban J connectivity index is 1.24. The number of amides is 2. The number of alkyl carbamates (subject to hydrolysis) is 1. The van der Waals surface area contributed by atoms with Crippen LogP contribution in [-0.2, 0) is 11.3 Å². The molecule has 0 radical (unpaired) electrons. The summed E-state index contributed by atoms with van der Waals surface area (Å²) >= 11 is 1.39.